The number of hydrogen-bond acceptors (Lipinski definition) is 8. The Hall–Kier alpha value is -4.39. The number of alkyl halides is 3. The lowest BCUT2D eigenvalue weighted by Gasteiger charge is -2.54. The Morgan fingerprint density at radius 3 is 2.36 bits per heavy atom. The summed E-state index contributed by atoms with van der Waals surface area (Å²) in [7, 11) is 0. The van der Waals surface area contributed by atoms with E-state index in [2.05, 4.69) is 51.4 Å². The smallest absolute Gasteiger partial charge is 0.422 e. The van der Waals surface area contributed by atoms with E-state index >= 15 is 0 Å². The summed E-state index contributed by atoms with van der Waals surface area (Å²) in [6, 6.07) is 6.10. The molecular weight excluding hydrogens is 718 g/mol. The Morgan fingerprint density at radius 1 is 1.00 bits per heavy atom. The van der Waals surface area contributed by atoms with E-state index in [-0.39, 0.29) is 28.4 Å². The molecule has 1 saturated carbocycles. The van der Waals surface area contributed by atoms with Gasteiger partial charge in [-0.25, -0.2) is 4.98 Å². The van der Waals surface area contributed by atoms with E-state index in [1.165, 1.54) is 12.5 Å². The number of rotatable bonds is 10. The standard InChI is InChI=1S/C43H53F3N8O2/c1-5-27(3)21-51-15-11-41(12-16-51)24-54(25-41)40-48-37-31(39(49-40)52-17-13-42(14-18-52)22-53(23-42)34(55)6-2)19-30(29-8-9-29)36(38(37)56-26-43(44,45)46)35-28(4)7-10-33-32(35)20-47-50-33/h6-7,10,19-20,27,29H,2,5,8-9,11-18,21-26H2,1,3-4H3,(H,47,50). The second kappa shape index (κ2) is 13.9. The summed E-state index contributed by atoms with van der Waals surface area (Å²) in [5, 5.41) is 8.95. The van der Waals surface area contributed by atoms with Crippen LogP contribution in [0, 0.1) is 23.7 Å². The van der Waals surface area contributed by atoms with Gasteiger partial charge in [-0.3, -0.25) is 9.89 Å². The first-order chi connectivity index (χ1) is 26.9. The topological polar surface area (TPSA) is 93.7 Å². The number of nitrogens with one attached hydrogen (secondary N) is 1. The molecule has 2 aromatic carbocycles. The molecule has 10 nitrogen and oxygen atoms in total. The lowest BCUT2D eigenvalue weighted by atomic mass is 9.72. The number of piperidine rings is 2. The molecule has 4 aromatic rings. The van der Waals surface area contributed by atoms with Gasteiger partial charge in [0.1, 0.15) is 11.3 Å². The molecule has 4 saturated heterocycles. The van der Waals surface area contributed by atoms with Gasteiger partial charge in [0.15, 0.2) is 12.4 Å². The number of amides is 1. The molecule has 1 N–H and O–H groups in total. The van der Waals surface area contributed by atoms with Crippen LogP contribution in [0.4, 0.5) is 24.9 Å². The van der Waals surface area contributed by atoms with Gasteiger partial charge in [-0.1, -0.05) is 32.9 Å². The zero-order valence-electron chi connectivity index (χ0n) is 32.9. The zero-order valence-corrected chi connectivity index (χ0v) is 32.9. The Balaban J connectivity index is 1.14. The average molecular weight is 771 g/mol. The first-order valence-electron chi connectivity index (χ1n) is 20.5. The van der Waals surface area contributed by atoms with Gasteiger partial charge in [0.2, 0.25) is 11.9 Å². The minimum absolute atomic E-state index is 0.0332. The lowest BCUT2D eigenvalue weighted by molar-refractivity contribution is -0.153. The molecule has 2 spiro atoms. The van der Waals surface area contributed by atoms with Crippen molar-refractivity contribution in [1.82, 2.24) is 30.0 Å². The maximum absolute atomic E-state index is 14.2. The van der Waals surface area contributed by atoms with Gasteiger partial charge in [-0.05, 0) is 105 Å². The van der Waals surface area contributed by atoms with Crippen molar-refractivity contribution < 1.29 is 22.7 Å². The highest BCUT2D eigenvalue weighted by atomic mass is 19.4. The van der Waals surface area contributed by atoms with E-state index in [9.17, 15) is 18.0 Å². The number of ether oxygens (including phenoxy) is 1. The summed E-state index contributed by atoms with van der Waals surface area (Å²) in [6.45, 7) is 16.6. The van der Waals surface area contributed by atoms with E-state index in [1.54, 1.807) is 6.20 Å². The molecule has 1 atom stereocenters. The number of aromatic nitrogens is 4. The van der Waals surface area contributed by atoms with Crippen molar-refractivity contribution in [2.45, 2.75) is 77.8 Å². The molecule has 13 heteroatoms. The molecule has 5 aliphatic rings. The van der Waals surface area contributed by atoms with Crippen LogP contribution >= 0.6 is 0 Å². The summed E-state index contributed by atoms with van der Waals surface area (Å²) in [6.07, 6.45) is 5.67. The number of benzene rings is 2. The molecule has 6 heterocycles. The summed E-state index contributed by atoms with van der Waals surface area (Å²) in [5.41, 5.74) is 4.89. The van der Waals surface area contributed by atoms with Crippen molar-refractivity contribution in [2.24, 2.45) is 16.7 Å². The predicted octanol–water partition coefficient (Wildman–Crippen LogP) is 7.86. The van der Waals surface area contributed by atoms with Crippen LogP contribution in [0.5, 0.6) is 5.75 Å². The van der Waals surface area contributed by atoms with Crippen LogP contribution in [0.25, 0.3) is 32.9 Å². The van der Waals surface area contributed by atoms with Crippen LogP contribution in [0.1, 0.15) is 75.8 Å². The summed E-state index contributed by atoms with van der Waals surface area (Å²) < 4.78 is 48.6. The van der Waals surface area contributed by atoms with Gasteiger partial charge in [0.25, 0.3) is 0 Å². The molecule has 1 unspecified atom stereocenters. The number of anilines is 2. The Labute approximate surface area is 326 Å². The minimum atomic E-state index is -4.55. The maximum atomic E-state index is 14.2. The molecule has 2 aromatic heterocycles. The van der Waals surface area contributed by atoms with Gasteiger partial charge in [-0.2, -0.15) is 23.3 Å². The fourth-order valence-electron chi connectivity index (χ4n) is 9.90. The van der Waals surface area contributed by atoms with Crippen LogP contribution in [0.15, 0.2) is 37.1 Å². The van der Waals surface area contributed by atoms with Gasteiger partial charge < -0.3 is 24.3 Å². The first-order valence-corrected chi connectivity index (χ1v) is 20.5. The van der Waals surface area contributed by atoms with Crippen molar-refractivity contribution in [1.29, 1.82) is 0 Å². The largest absolute Gasteiger partial charge is 0.481 e. The summed E-state index contributed by atoms with van der Waals surface area (Å²) >= 11 is 0. The van der Waals surface area contributed by atoms with Gasteiger partial charge in [0, 0.05) is 73.0 Å². The number of aryl methyl sites for hydroxylation is 1. The molecule has 56 heavy (non-hydrogen) atoms. The van der Waals surface area contributed by atoms with E-state index < -0.39 is 12.8 Å². The highest BCUT2D eigenvalue weighted by Crippen LogP contribution is 2.54. The maximum Gasteiger partial charge on any atom is 0.422 e. The van der Waals surface area contributed by atoms with Gasteiger partial charge in [0.05, 0.1) is 11.7 Å². The van der Waals surface area contributed by atoms with Crippen LogP contribution in [-0.4, -0.2) is 108 Å². The third kappa shape index (κ3) is 6.77. The summed E-state index contributed by atoms with van der Waals surface area (Å²) in [4.78, 5) is 31.8. The zero-order chi connectivity index (χ0) is 39.0. The molecule has 1 amide bonds. The molecule has 9 rings (SSSR count). The van der Waals surface area contributed by atoms with E-state index in [1.807, 2.05) is 24.0 Å². The fourth-order valence-corrected chi connectivity index (χ4v) is 9.90. The van der Waals surface area contributed by atoms with Gasteiger partial charge in [-0.15, -0.1) is 0 Å². The number of carbonyl (C=O) groups is 1. The molecule has 0 radical (unpaired) electrons. The molecule has 298 valence electrons. The molecule has 1 aliphatic carbocycles. The molecule has 5 fully saturated rings. The number of hydrogen-bond donors (Lipinski definition) is 1. The summed E-state index contributed by atoms with van der Waals surface area (Å²) in [5.74, 6) is 2.30. The van der Waals surface area contributed by atoms with Crippen molar-refractivity contribution in [3.05, 3.63) is 48.2 Å². The Kier molecular flexibility index (Phi) is 9.24. The lowest BCUT2D eigenvalue weighted by Crippen LogP contribution is -2.62. The monoisotopic (exact) mass is 770 g/mol. The molecule has 4 aliphatic heterocycles. The highest BCUT2D eigenvalue weighted by molar-refractivity contribution is 6.06. The Morgan fingerprint density at radius 2 is 1.70 bits per heavy atom. The fraction of sp³-hybridized carbons (Fsp3) is 0.581. The predicted molar refractivity (Wildman–Crippen MR) is 213 cm³/mol. The number of halogens is 3. The van der Waals surface area contributed by atoms with Crippen molar-refractivity contribution in [3.8, 4) is 16.9 Å². The number of carbonyl (C=O) groups excluding carboxylic acids is 1. The van der Waals surface area contributed by atoms with Crippen LogP contribution in [-0.2, 0) is 4.79 Å². The van der Waals surface area contributed by atoms with Crippen LogP contribution < -0.4 is 14.5 Å². The second-order valence-electron chi connectivity index (χ2n) is 17.7. The normalized spacial score (nSPS) is 21.4. The van der Waals surface area contributed by atoms with Crippen molar-refractivity contribution in [2.75, 3.05) is 75.3 Å². The average Bonchev–Trinajstić information content (AvgIpc) is 3.90. The Bertz CT molecular complexity index is 2150. The molecule has 0 bridgehead atoms. The number of nitrogens with zero attached hydrogens (tertiary/aromatic N) is 7. The van der Waals surface area contributed by atoms with Gasteiger partial charge >= 0.3 is 6.18 Å². The minimum Gasteiger partial charge on any atom is -0.481 e. The van der Waals surface area contributed by atoms with Crippen molar-refractivity contribution >= 4 is 39.5 Å². The van der Waals surface area contributed by atoms with Crippen LogP contribution in [0.2, 0.25) is 0 Å². The number of fused-ring (bicyclic) bond motifs is 2. The third-order valence-corrected chi connectivity index (χ3v) is 13.6. The van der Waals surface area contributed by atoms with Crippen molar-refractivity contribution in [3.63, 3.8) is 0 Å². The third-order valence-electron chi connectivity index (χ3n) is 13.6. The number of H-pyrrole nitrogens is 1. The quantitative estimate of drug-likeness (QED) is 0.163. The number of likely N-dealkylation sites (tertiary alicyclic amines) is 2. The van der Waals surface area contributed by atoms with E-state index in [0.717, 1.165) is 136 Å². The molecular formula is C43H53F3N8O2. The first kappa shape index (κ1) is 37.2. The second-order valence-corrected chi connectivity index (χ2v) is 17.7. The van der Waals surface area contributed by atoms with E-state index in [0.29, 0.717) is 22.9 Å². The van der Waals surface area contributed by atoms with E-state index in [4.69, 9.17) is 14.7 Å². The number of aromatic amines is 1. The highest BCUT2D eigenvalue weighted by Gasteiger charge is 2.48. The van der Waals surface area contributed by atoms with Crippen LogP contribution in [0.3, 0.4) is 0 Å². The SMILES string of the molecule is C=CC(=O)N1CC2(CCN(c3nc(N4CC5(CCN(CC(C)CC)CC5)C4)nc4c(OCC(F)(F)F)c(-c5c(C)ccc6[nH]ncc56)c(C5CC5)cc34)CC2)C1.